The minimum atomic E-state index is -0.981. The number of esters is 1. The van der Waals surface area contributed by atoms with Crippen molar-refractivity contribution in [2.45, 2.75) is 38.8 Å². The normalized spacial score (nSPS) is 19.8. The van der Waals surface area contributed by atoms with Gasteiger partial charge in [0.25, 0.3) is 0 Å². The average molecular weight is 228 g/mol. The molecule has 1 fully saturated rings. The molecule has 0 bridgehead atoms. The monoisotopic (exact) mass is 228 g/mol. The molecule has 1 aliphatic rings. The van der Waals surface area contributed by atoms with Gasteiger partial charge in [0.1, 0.15) is 6.04 Å². The zero-order valence-corrected chi connectivity index (χ0v) is 9.43. The van der Waals surface area contributed by atoms with E-state index in [1.54, 1.807) is 13.8 Å². The second-order valence-electron chi connectivity index (χ2n) is 3.68. The molecule has 0 radical (unpaired) electrons. The topological polar surface area (TPSA) is 89.7 Å². The van der Waals surface area contributed by atoms with Crippen LogP contribution < -0.4 is 5.73 Å². The van der Waals surface area contributed by atoms with Crippen LogP contribution in [0.4, 0.5) is 0 Å². The molecule has 0 saturated carbocycles. The molecular formula is C10H16N2O4. The lowest BCUT2D eigenvalue weighted by Gasteiger charge is -2.26. The lowest BCUT2D eigenvalue weighted by molar-refractivity contribution is -0.149. The maximum atomic E-state index is 11.4. The second kappa shape index (κ2) is 5.07. The van der Waals surface area contributed by atoms with E-state index in [0.29, 0.717) is 0 Å². The van der Waals surface area contributed by atoms with Gasteiger partial charge in [-0.15, -0.1) is 0 Å². The zero-order valence-electron chi connectivity index (χ0n) is 9.43. The standard InChI is InChI=1S/C10H16N2O4/c1-3-16-10(15)9(11)6(2)12-7(13)4-5-8(12)14/h6,9H,3-5,11H2,1-2H3. The quantitative estimate of drug-likeness (QED) is 0.513. The molecule has 1 rings (SSSR count). The molecule has 1 aliphatic heterocycles. The molecule has 90 valence electrons. The molecule has 0 spiro atoms. The van der Waals surface area contributed by atoms with Crippen molar-refractivity contribution in [1.82, 2.24) is 4.90 Å². The van der Waals surface area contributed by atoms with E-state index in [-0.39, 0.29) is 31.3 Å². The first-order valence-corrected chi connectivity index (χ1v) is 5.26. The molecule has 6 nitrogen and oxygen atoms in total. The Morgan fingerprint density at radius 3 is 2.38 bits per heavy atom. The smallest absolute Gasteiger partial charge is 0.325 e. The molecule has 2 N–H and O–H groups in total. The summed E-state index contributed by atoms with van der Waals surface area (Å²) in [5, 5.41) is 0. The Morgan fingerprint density at radius 1 is 1.44 bits per heavy atom. The summed E-state index contributed by atoms with van der Waals surface area (Å²) >= 11 is 0. The van der Waals surface area contributed by atoms with Gasteiger partial charge in [-0.25, -0.2) is 0 Å². The number of nitrogens with two attached hydrogens (primary N) is 1. The second-order valence-corrected chi connectivity index (χ2v) is 3.68. The summed E-state index contributed by atoms with van der Waals surface area (Å²) in [6.45, 7) is 3.46. The summed E-state index contributed by atoms with van der Waals surface area (Å²) in [4.78, 5) is 35.2. The van der Waals surface area contributed by atoms with E-state index < -0.39 is 18.1 Å². The van der Waals surface area contributed by atoms with Crippen molar-refractivity contribution in [3.05, 3.63) is 0 Å². The lowest BCUT2D eigenvalue weighted by atomic mass is 10.1. The molecule has 0 aromatic carbocycles. The van der Waals surface area contributed by atoms with Gasteiger partial charge in [-0.3, -0.25) is 19.3 Å². The molecular weight excluding hydrogens is 212 g/mol. The van der Waals surface area contributed by atoms with Crippen LogP contribution in [0.15, 0.2) is 0 Å². The Labute approximate surface area is 93.7 Å². The predicted molar refractivity (Wildman–Crippen MR) is 55.2 cm³/mol. The number of rotatable bonds is 4. The van der Waals surface area contributed by atoms with Gasteiger partial charge < -0.3 is 10.5 Å². The minimum absolute atomic E-state index is 0.193. The highest BCUT2D eigenvalue weighted by molar-refractivity contribution is 6.02. The Kier molecular flexibility index (Phi) is 4.00. The highest BCUT2D eigenvalue weighted by Gasteiger charge is 2.37. The first kappa shape index (κ1) is 12.6. The summed E-state index contributed by atoms with van der Waals surface area (Å²) in [6, 6.07) is -1.63. The van der Waals surface area contributed by atoms with E-state index in [0.717, 1.165) is 4.90 Å². The molecule has 0 aromatic rings. The third-order valence-electron chi connectivity index (χ3n) is 2.58. The van der Waals surface area contributed by atoms with E-state index in [1.807, 2.05) is 0 Å². The predicted octanol–water partition coefficient (Wildman–Crippen LogP) is -0.586. The fraction of sp³-hybridized carbons (Fsp3) is 0.700. The highest BCUT2D eigenvalue weighted by Crippen LogP contribution is 2.17. The molecule has 0 aliphatic carbocycles. The van der Waals surface area contributed by atoms with Gasteiger partial charge >= 0.3 is 5.97 Å². The number of likely N-dealkylation sites (tertiary alicyclic amines) is 1. The van der Waals surface area contributed by atoms with Gasteiger partial charge in [-0.2, -0.15) is 0 Å². The lowest BCUT2D eigenvalue weighted by Crippen LogP contribution is -2.52. The Bertz CT molecular complexity index is 300. The highest BCUT2D eigenvalue weighted by atomic mass is 16.5. The van der Waals surface area contributed by atoms with Crippen LogP contribution in [0.2, 0.25) is 0 Å². The maximum absolute atomic E-state index is 11.4. The molecule has 2 amide bonds. The zero-order chi connectivity index (χ0) is 12.3. The molecule has 2 atom stereocenters. The number of ether oxygens (including phenoxy) is 1. The van der Waals surface area contributed by atoms with Gasteiger partial charge in [0.2, 0.25) is 11.8 Å². The minimum Gasteiger partial charge on any atom is -0.465 e. The van der Waals surface area contributed by atoms with Crippen LogP contribution in [0.3, 0.4) is 0 Å². The number of carbonyl (C=O) groups excluding carboxylic acids is 3. The third kappa shape index (κ3) is 2.38. The van der Waals surface area contributed by atoms with Gasteiger partial charge in [0, 0.05) is 12.8 Å². The summed E-state index contributed by atoms with van der Waals surface area (Å²) in [7, 11) is 0. The number of hydrogen-bond acceptors (Lipinski definition) is 5. The number of imide groups is 1. The van der Waals surface area contributed by atoms with Crippen molar-refractivity contribution in [3.8, 4) is 0 Å². The molecule has 1 saturated heterocycles. The fourth-order valence-electron chi connectivity index (χ4n) is 1.64. The Hall–Kier alpha value is -1.43. The van der Waals surface area contributed by atoms with E-state index in [9.17, 15) is 14.4 Å². The SMILES string of the molecule is CCOC(=O)C(N)C(C)N1C(=O)CCC1=O. The van der Waals surface area contributed by atoms with E-state index in [2.05, 4.69) is 0 Å². The van der Waals surface area contributed by atoms with E-state index >= 15 is 0 Å². The summed E-state index contributed by atoms with van der Waals surface area (Å²) in [5.41, 5.74) is 5.63. The Morgan fingerprint density at radius 2 is 1.94 bits per heavy atom. The third-order valence-corrected chi connectivity index (χ3v) is 2.58. The van der Waals surface area contributed by atoms with Gasteiger partial charge in [-0.05, 0) is 13.8 Å². The molecule has 16 heavy (non-hydrogen) atoms. The van der Waals surface area contributed by atoms with Gasteiger partial charge in [0.05, 0.1) is 12.6 Å². The number of carbonyl (C=O) groups is 3. The number of nitrogens with zero attached hydrogens (tertiary/aromatic N) is 1. The first-order valence-electron chi connectivity index (χ1n) is 5.26. The molecule has 0 aromatic heterocycles. The van der Waals surface area contributed by atoms with Crippen molar-refractivity contribution < 1.29 is 19.1 Å². The largest absolute Gasteiger partial charge is 0.465 e. The number of hydrogen-bond donors (Lipinski definition) is 1. The van der Waals surface area contributed by atoms with Crippen LogP contribution in [0.25, 0.3) is 0 Å². The van der Waals surface area contributed by atoms with Gasteiger partial charge in [0.15, 0.2) is 0 Å². The van der Waals surface area contributed by atoms with Crippen LogP contribution in [0.1, 0.15) is 26.7 Å². The van der Waals surface area contributed by atoms with Crippen LogP contribution >= 0.6 is 0 Å². The molecule has 6 heteroatoms. The van der Waals surface area contributed by atoms with Crippen molar-refractivity contribution in [2.75, 3.05) is 6.61 Å². The maximum Gasteiger partial charge on any atom is 0.325 e. The van der Waals surface area contributed by atoms with E-state index in [1.165, 1.54) is 0 Å². The first-order chi connectivity index (χ1) is 7.49. The summed E-state index contributed by atoms with van der Waals surface area (Å²) < 4.78 is 4.74. The van der Waals surface area contributed by atoms with Gasteiger partial charge in [-0.1, -0.05) is 0 Å². The van der Waals surface area contributed by atoms with Crippen LogP contribution in [0, 0.1) is 0 Å². The van der Waals surface area contributed by atoms with Crippen LogP contribution in [-0.4, -0.2) is 41.4 Å². The number of amides is 2. The molecule has 1 heterocycles. The summed E-state index contributed by atoms with van der Waals surface area (Å²) in [5.74, 6) is -1.16. The van der Waals surface area contributed by atoms with Crippen LogP contribution in [0.5, 0.6) is 0 Å². The average Bonchev–Trinajstić information content (AvgIpc) is 2.57. The Balaban J connectivity index is 2.69. The fourth-order valence-corrected chi connectivity index (χ4v) is 1.64. The van der Waals surface area contributed by atoms with Crippen molar-refractivity contribution in [3.63, 3.8) is 0 Å². The van der Waals surface area contributed by atoms with E-state index in [4.69, 9.17) is 10.5 Å². The van der Waals surface area contributed by atoms with Crippen molar-refractivity contribution >= 4 is 17.8 Å². The van der Waals surface area contributed by atoms with Crippen molar-refractivity contribution in [2.24, 2.45) is 5.73 Å². The van der Waals surface area contributed by atoms with Crippen molar-refractivity contribution in [1.29, 1.82) is 0 Å². The van der Waals surface area contributed by atoms with Crippen LogP contribution in [-0.2, 0) is 19.1 Å². The molecule has 2 unspecified atom stereocenters. The summed E-state index contributed by atoms with van der Waals surface area (Å²) in [6.07, 6.45) is 0.386.